The molecule has 0 saturated carbocycles. The maximum absolute atomic E-state index is 12.2. The number of nitrogens with one attached hydrogen (secondary N) is 2. The van der Waals surface area contributed by atoms with Gasteiger partial charge >= 0.3 is 0 Å². The molecule has 1 heterocycles. The highest BCUT2D eigenvalue weighted by Crippen LogP contribution is 2.34. The van der Waals surface area contributed by atoms with Gasteiger partial charge in [0.15, 0.2) is 0 Å². The minimum atomic E-state index is -3.31. The summed E-state index contributed by atoms with van der Waals surface area (Å²) in [7, 11) is -1.43. The van der Waals surface area contributed by atoms with E-state index in [2.05, 4.69) is 30.8 Å². The zero-order chi connectivity index (χ0) is 15.4. The van der Waals surface area contributed by atoms with Crippen molar-refractivity contribution in [3.63, 3.8) is 0 Å². The van der Waals surface area contributed by atoms with Gasteiger partial charge in [-0.05, 0) is 43.7 Å². The molecule has 6 heteroatoms. The SMILES string of the molecule is CNCC(C)CNS(=O)(=O)N1CCC(C(C)(C)C)CC1. The van der Waals surface area contributed by atoms with Crippen molar-refractivity contribution in [2.75, 3.05) is 33.2 Å². The molecule has 0 aliphatic carbocycles. The van der Waals surface area contributed by atoms with Crippen molar-refractivity contribution in [2.45, 2.75) is 40.5 Å². The van der Waals surface area contributed by atoms with Crippen molar-refractivity contribution in [1.29, 1.82) is 0 Å². The van der Waals surface area contributed by atoms with E-state index in [-0.39, 0.29) is 5.41 Å². The van der Waals surface area contributed by atoms with Crippen LogP contribution in [0.15, 0.2) is 0 Å². The highest BCUT2D eigenvalue weighted by Gasteiger charge is 2.33. The van der Waals surface area contributed by atoms with Crippen molar-refractivity contribution in [1.82, 2.24) is 14.3 Å². The Morgan fingerprint density at radius 2 is 1.75 bits per heavy atom. The zero-order valence-electron chi connectivity index (χ0n) is 13.6. The molecule has 1 unspecified atom stereocenters. The Balaban J connectivity index is 2.47. The van der Waals surface area contributed by atoms with E-state index in [1.807, 2.05) is 14.0 Å². The second kappa shape index (κ2) is 7.20. The fraction of sp³-hybridized carbons (Fsp3) is 1.00. The van der Waals surface area contributed by atoms with Crippen LogP contribution in [0.25, 0.3) is 0 Å². The summed E-state index contributed by atoms with van der Waals surface area (Å²) in [6.07, 6.45) is 1.91. The van der Waals surface area contributed by atoms with Crippen LogP contribution in [-0.2, 0) is 10.2 Å². The number of rotatable bonds is 6. The Kier molecular flexibility index (Phi) is 6.44. The molecule has 1 atom stereocenters. The summed E-state index contributed by atoms with van der Waals surface area (Å²) in [6, 6.07) is 0. The van der Waals surface area contributed by atoms with Gasteiger partial charge in [0, 0.05) is 19.6 Å². The Morgan fingerprint density at radius 1 is 1.20 bits per heavy atom. The number of hydrogen-bond acceptors (Lipinski definition) is 3. The third kappa shape index (κ3) is 5.31. The molecule has 0 bridgehead atoms. The van der Waals surface area contributed by atoms with E-state index in [9.17, 15) is 8.42 Å². The Hall–Kier alpha value is -0.170. The van der Waals surface area contributed by atoms with Gasteiger partial charge in [0.25, 0.3) is 10.2 Å². The second-order valence-electron chi connectivity index (χ2n) is 7.06. The first-order chi connectivity index (χ1) is 9.16. The van der Waals surface area contributed by atoms with E-state index >= 15 is 0 Å². The lowest BCUT2D eigenvalue weighted by molar-refractivity contribution is 0.153. The van der Waals surface area contributed by atoms with Gasteiger partial charge in [0.1, 0.15) is 0 Å². The van der Waals surface area contributed by atoms with E-state index in [4.69, 9.17) is 0 Å². The van der Waals surface area contributed by atoms with Gasteiger partial charge in [-0.1, -0.05) is 27.7 Å². The summed E-state index contributed by atoms with van der Waals surface area (Å²) in [5, 5.41) is 3.06. The molecule has 5 nitrogen and oxygen atoms in total. The molecular formula is C14H31N3O2S. The predicted molar refractivity (Wildman–Crippen MR) is 83.8 cm³/mol. The molecule has 0 spiro atoms. The van der Waals surface area contributed by atoms with Gasteiger partial charge < -0.3 is 5.32 Å². The van der Waals surface area contributed by atoms with Gasteiger partial charge in [-0.25, -0.2) is 4.72 Å². The minimum absolute atomic E-state index is 0.268. The molecule has 1 saturated heterocycles. The minimum Gasteiger partial charge on any atom is -0.319 e. The smallest absolute Gasteiger partial charge is 0.279 e. The molecular weight excluding hydrogens is 274 g/mol. The molecule has 0 amide bonds. The van der Waals surface area contributed by atoms with E-state index in [0.717, 1.165) is 19.4 Å². The zero-order valence-corrected chi connectivity index (χ0v) is 14.4. The van der Waals surface area contributed by atoms with Crippen LogP contribution in [0.3, 0.4) is 0 Å². The van der Waals surface area contributed by atoms with Crippen LogP contribution in [-0.4, -0.2) is 45.9 Å². The quantitative estimate of drug-likeness (QED) is 0.780. The van der Waals surface area contributed by atoms with Crippen molar-refractivity contribution >= 4 is 10.2 Å². The summed E-state index contributed by atoms with van der Waals surface area (Å²) in [5.41, 5.74) is 0.268. The van der Waals surface area contributed by atoms with Gasteiger partial charge in [-0.15, -0.1) is 0 Å². The van der Waals surface area contributed by atoms with Crippen molar-refractivity contribution < 1.29 is 8.42 Å². The van der Waals surface area contributed by atoms with E-state index in [1.165, 1.54) is 0 Å². The summed E-state index contributed by atoms with van der Waals surface area (Å²) >= 11 is 0. The van der Waals surface area contributed by atoms with E-state index in [1.54, 1.807) is 4.31 Å². The number of nitrogens with zero attached hydrogens (tertiary/aromatic N) is 1. The molecule has 1 aliphatic heterocycles. The average Bonchev–Trinajstić information content (AvgIpc) is 2.36. The maximum Gasteiger partial charge on any atom is 0.279 e. The normalized spacial score (nSPS) is 21.1. The van der Waals surface area contributed by atoms with Gasteiger partial charge in [0.2, 0.25) is 0 Å². The first kappa shape index (κ1) is 17.9. The van der Waals surface area contributed by atoms with Crippen LogP contribution in [0.1, 0.15) is 40.5 Å². The van der Waals surface area contributed by atoms with Crippen molar-refractivity contribution in [3.05, 3.63) is 0 Å². The number of hydrogen-bond donors (Lipinski definition) is 2. The Labute approximate surface area is 124 Å². The van der Waals surface area contributed by atoms with Crippen molar-refractivity contribution in [3.8, 4) is 0 Å². The lowest BCUT2D eigenvalue weighted by Gasteiger charge is -2.38. The van der Waals surface area contributed by atoms with Crippen LogP contribution >= 0.6 is 0 Å². The average molecular weight is 305 g/mol. The van der Waals surface area contributed by atoms with E-state index in [0.29, 0.717) is 31.5 Å². The van der Waals surface area contributed by atoms with Gasteiger partial charge in [0.05, 0.1) is 0 Å². The standard InChI is InChI=1S/C14H31N3O2S/c1-12(10-15-5)11-16-20(18,19)17-8-6-13(7-9-17)14(2,3)4/h12-13,15-16H,6-11H2,1-5H3. The molecule has 20 heavy (non-hydrogen) atoms. The summed E-state index contributed by atoms with van der Waals surface area (Å²) < 4.78 is 28.8. The third-order valence-electron chi connectivity index (χ3n) is 4.19. The van der Waals surface area contributed by atoms with Gasteiger partial charge in [-0.2, -0.15) is 12.7 Å². The monoisotopic (exact) mass is 305 g/mol. The molecule has 1 fully saturated rings. The molecule has 1 aliphatic rings. The van der Waals surface area contributed by atoms with Gasteiger partial charge in [-0.3, -0.25) is 0 Å². The molecule has 0 aromatic carbocycles. The molecule has 2 N–H and O–H groups in total. The van der Waals surface area contributed by atoms with Crippen LogP contribution in [0, 0.1) is 17.3 Å². The molecule has 1 rings (SSSR count). The number of piperidine rings is 1. The maximum atomic E-state index is 12.2. The van der Waals surface area contributed by atoms with Crippen molar-refractivity contribution in [2.24, 2.45) is 17.3 Å². The predicted octanol–water partition coefficient (Wildman–Crippen LogP) is 1.43. The topological polar surface area (TPSA) is 61.4 Å². The Morgan fingerprint density at radius 3 is 2.20 bits per heavy atom. The fourth-order valence-corrected chi connectivity index (χ4v) is 4.09. The van der Waals surface area contributed by atoms with Crippen LogP contribution in [0.2, 0.25) is 0 Å². The highest BCUT2D eigenvalue weighted by atomic mass is 32.2. The molecule has 0 radical (unpaired) electrons. The van der Waals surface area contributed by atoms with Crippen LogP contribution in [0.4, 0.5) is 0 Å². The largest absolute Gasteiger partial charge is 0.319 e. The lowest BCUT2D eigenvalue weighted by atomic mass is 9.76. The van der Waals surface area contributed by atoms with E-state index < -0.39 is 10.2 Å². The van der Waals surface area contributed by atoms with Crippen LogP contribution < -0.4 is 10.0 Å². The molecule has 0 aromatic rings. The van der Waals surface area contributed by atoms with Crippen LogP contribution in [0.5, 0.6) is 0 Å². The second-order valence-corrected chi connectivity index (χ2v) is 8.81. The molecule has 120 valence electrons. The summed E-state index contributed by atoms with van der Waals surface area (Å²) in [5.74, 6) is 0.902. The first-order valence-corrected chi connectivity index (χ1v) is 9.00. The highest BCUT2D eigenvalue weighted by molar-refractivity contribution is 7.87. The summed E-state index contributed by atoms with van der Waals surface area (Å²) in [4.78, 5) is 0. The lowest BCUT2D eigenvalue weighted by Crippen LogP contribution is -2.47. The Bertz CT molecular complexity index is 382. The fourth-order valence-electron chi connectivity index (χ4n) is 2.72. The molecule has 0 aromatic heterocycles. The summed E-state index contributed by atoms with van der Waals surface area (Å²) in [6.45, 7) is 11.3. The third-order valence-corrected chi connectivity index (χ3v) is 5.76. The first-order valence-electron chi connectivity index (χ1n) is 7.56.